The Morgan fingerprint density at radius 2 is 1.31 bits per heavy atom. The second kappa shape index (κ2) is 12.3. The molecule has 0 bridgehead atoms. The van der Waals surface area contributed by atoms with Crippen LogP contribution in [0.15, 0.2) is 57.7 Å². The molecule has 0 unspecified atom stereocenters. The largest absolute Gasteiger partial charge is 0.394 e. The summed E-state index contributed by atoms with van der Waals surface area (Å²) in [6, 6.07) is 0. The van der Waals surface area contributed by atoms with Crippen molar-refractivity contribution in [1.82, 2.24) is 19.1 Å². The minimum Gasteiger partial charge on any atom is -0.394 e. The zero-order valence-electron chi connectivity index (χ0n) is 21.0. The van der Waals surface area contributed by atoms with Crippen molar-refractivity contribution in [3.05, 3.63) is 80.3 Å². The van der Waals surface area contributed by atoms with Crippen LogP contribution in [0.3, 0.4) is 0 Å². The standard InChI is InChI=1S/C12H15N3O5.C12H15N3O4/c1-2-7-9(18)8(5-17)20-11(7)15-3-6(4-16)10(13)14-12(15)19;1-3-7-9(17)8(5-16)19-11(7)15-4-6(2)10(13)14-12(15)18/h3,8-9,11,16-18H,1,4-5H2,(H2,13,14,19);4,8-9,11,16-17H,1,5H2,2H3,(H2,13,14,18)/t2*8-,9+,11-/m11/s1. The number of aromatic nitrogens is 4. The summed E-state index contributed by atoms with van der Waals surface area (Å²) in [6.45, 7) is 7.40. The van der Waals surface area contributed by atoms with Crippen LogP contribution in [-0.4, -0.2) is 82.3 Å². The van der Waals surface area contributed by atoms with E-state index in [2.05, 4.69) is 34.6 Å². The van der Waals surface area contributed by atoms with Crippen LogP contribution >= 0.6 is 0 Å². The molecule has 9 N–H and O–H groups in total. The molecule has 2 fully saturated rings. The molecule has 15 heteroatoms. The van der Waals surface area contributed by atoms with E-state index in [0.29, 0.717) is 5.56 Å². The second-order valence-electron chi connectivity index (χ2n) is 8.57. The normalized spacial score (nSPS) is 26.1. The lowest BCUT2D eigenvalue weighted by Crippen LogP contribution is -2.29. The Labute approximate surface area is 221 Å². The maximum atomic E-state index is 11.9. The third kappa shape index (κ3) is 5.77. The van der Waals surface area contributed by atoms with Gasteiger partial charge in [-0.3, -0.25) is 9.13 Å². The first kappa shape index (κ1) is 29.7. The lowest BCUT2D eigenvalue weighted by atomic mass is 10.1. The molecule has 0 spiro atoms. The van der Waals surface area contributed by atoms with Crippen molar-refractivity contribution >= 4 is 11.6 Å². The van der Waals surface area contributed by atoms with Gasteiger partial charge in [-0.1, -0.05) is 13.2 Å². The molecule has 2 aromatic rings. The van der Waals surface area contributed by atoms with E-state index in [1.54, 1.807) is 6.92 Å². The van der Waals surface area contributed by atoms with E-state index in [-0.39, 0.29) is 35.0 Å². The van der Waals surface area contributed by atoms with Crippen molar-refractivity contribution in [3.63, 3.8) is 0 Å². The van der Waals surface area contributed by atoms with E-state index in [4.69, 9.17) is 36.3 Å². The van der Waals surface area contributed by atoms with Crippen LogP contribution in [0.5, 0.6) is 0 Å². The number of hydrogen-bond acceptors (Lipinski definition) is 13. The first-order valence-electron chi connectivity index (χ1n) is 11.5. The van der Waals surface area contributed by atoms with Crippen LogP contribution in [0.25, 0.3) is 0 Å². The van der Waals surface area contributed by atoms with Crippen LogP contribution in [0.2, 0.25) is 0 Å². The molecule has 39 heavy (non-hydrogen) atoms. The Morgan fingerprint density at radius 3 is 1.72 bits per heavy atom. The van der Waals surface area contributed by atoms with E-state index in [0.717, 1.165) is 4.57 Å². The summed E-state index contributed by atoms with van der Waals surface area (Å²) >= 11 is 0. The van der Waals surface area contributed by atoms with Crippen molar-refractivity contribution in [2.24, 2.45) is 0 Å². The molecule has 4 heterocycles. The van der Waals surface area contributed by atoms with Gasteiger partial charge < -0.3 is 46.5 Å². The fraction of sp³-hybridized carbons (Fsp3) is 0.417. The quantitative estimate of drug-likeness (QED) is 0.190. The molecule has 15 nitrogen and oxygen atoms in total. The molecular formula is C24H30N6O9. The lowest BCUT2D eigenvalue weighted by molar-refractivity contribution is -0.0448. The van der Waals surface area contributed by atoms with E-state index in [9.17, 15) is 19.8 Å². The highest BCUT2D eigenvalue weighted by molar-refractivity contribution is 5.37. The van der Waals surface area contributed by atoms with Crippen molar-refractivity contribution in [2.75, 3.05) is 24.7 Å². The molecule has 0 radical (unpaired) electrons. The molecule has 6 atom stereocenters. The Hall–Kier alpha value is -3.88. The number of ether oxygens (including phenoxy) is 2. The smallest absolute Gasteiger partial charge is 0.351 e. The minimum absolute atomic E-state index is 0.0739. The Balaban J connectivity index is 0.000000216. The van der Waals surface area contributed by atoms with E-state index < -0.39 is 61.5 Å². The molecule has 2 aliphatic heterocycles. The molecule has 0 aromatic carbocycles. The third-order valence-corrected chi connectivity index (χ3v) is 6.16. The number of hydrogen-bond donors (Lipinski definition) is 7. The maximum Gasteiger partial charge on any atom is 0.351 e. The van der Waals surface area contributed by atoms with Crippen LogP contribution < -0.4 is 22.8 Å². The highest BCUT2D eigenvalue weighted by atomic mass is 16.5. The van der Waals surface area contributed by atoms with Crippen molar-refractivity contribution in [1.29, 1.82) is 0 Å². The molecular weight excluding hydrogens is 516 g/mol. The average molecular weight is 547 g/mol. The number of aliphatic hydroxyl groups excluding tert-OH is 5. The van der Waals surface area contributed by atoms with E-state index >= 15 is 0 Å². The van der Waals surface area contributed by atoms with Crippen molar-refractivity contribution < 1.29 is 35.0 Å². The van der Waals surface area contributed by atoms with Gasteiger partial charge in [-0.2, -0.15) is 9.97 Å². The van der Waals surface area contributed by atoms with Gasteiger partial charge in [0.2, 0.25) is 0 Å². The molecule has 2 aromatic heterocycles. The number of rotatable bonds is 5. The molecule has 2 aliphatic rings. The topological polar surface area (TPSA) is 241 Å². The number of aliphatic hydroxyl groups is 5. The van der Waals surface area contributed by atoms with Crippen LogP contribution in [-0.2, 0) is 16.1 Å². The summed E-state index contributed by atoms with van der Waals surface area (Å²) in [5.41, 5.74) is 16.1. The lowest BCUT2D eigenvalue weighted by Gasteiger charge is -2.15. The molecule has 2 saturated heterocycles. The van der Waals surface area contributed by atoms with E-state index in [1.165, 1.54) is 17.0 Å². The third-order valence-electron chi connectivity index (χ3n) is 6.16. The Kier molecular flexibility index (Phi) is 9.37. The second-order valence-corrected chi connectivity index (χ2v) is 8.57. The Morgan fingerprint density at radius 1 is 0.872 bits per heavy atom. The van der Waals surface area contributed by atoms with Crippen molar-refractivity contribution in [3.8, 4) is 0 Å². The highest BCUT2D eigenvalue weighted by Gasteiger charge is 2.41. The summed E-state index contributed by atoms with van der Waals surface area (Å²) in [5.74, 6) is 0.0674. The number of nitrogen functional groups attached to an aromatic ring is 2. The number of aryl methyl sites for hydroxylation is 1. The zero-order valence-corrected chi connectivity index (χ0v) is 21.0. The summed E-state index contributed by atoms with van der Waals surface area (Å²) in [7, 11) is 0. The van der Waals surface area contributed by atoms with Gasteiger partial charge in [0, 0.05) is 23.5 Å². The van der Waals surface area contributed by atoms with Gasteiger partial charge in [0.25, 0.3) is 0 Å². The maximum absolute atomic E-state index is 11.9. The monoisotopic (exact) mass is 546 g/mol. The summed E-state index contributed by atoms with van der Waals surface area (Å²) < 4.78 is 13.1. The van der Waals surface area contributed by atoms with Crippen molar-refractivity contribution in [2.45, 2.75) is 50.4 Å². The van der Waals surface area contributed by atoms with Gasteiger partial charge in [0.05, 0.1) is 31.0 Å². The fourth-order valence-corrected chi connectivity index (χ4v) is 3.98. The summed E-state index contributed by atoms with van der Waals surface area (Å²) in [4.78, 5) is 30.9. The predicted molar refractivity (Wildman–Crippen MR) is 136 cm³/mol. The van der Waals surface area contributed by atoms with Crippen LogP contribution in [0.4, 0.5) is 11.6 Å². The SMILES string of the molecule is C=C=C1[C@H](n2cc(C)c(N)nc2=O)O[C@H](CO)[C@H]1O.C=C=C1[C@H](n2cc(CO)c(N)nc2=O)O[C@H](CO)[C@H]1O. The first-order chi connectivity index (χ1) is 18.5. The van der Waals surface area contributed by atoms with Crippen LogP contribution in [0.1, 0.15) is 23.6 Å². The zero-order chi connectivity index (χ0) is 29.0. The average Bonchev–Trinajstić information content (AvgIpc) is 3.41. The van der Waals surface area contributed by atoms with Gasteiger partial charge in [-0.15, -0.1) is 11.5 Å². The number of nitrogens with zero attached hydrogens (tertiary/aromatic N) is 4. The minimum atomic E-state index is -1.12. The number of anilines is 2. The van der Waals surface area contributed by atoms with Gasteiger partial charge in [-0.05, 0) is 6.92 Å². The Bertz CT molecular complexity index is 1440. The van der Waals surface area contributed by atoms with Crippen LogP contribution in [0, 0.1) is 6.92 Å². The van der Waals surface area contributed by atoms with Gasteiger partial charge in [-0.25, -0.2) is 9.59 Å². The summed E-state index contributed by atoms with van der Waals surface area (Å²) in [5, 5.41) is 47.2. The first-order valence-corrected chi connectivity index (χ1v) is 11.5. The number of nitrogens with two attached hydrogens (primary N) is 2. The van der Waals surface area contributed by atoms with Gasteiger partial charge in [0.15, 0.2) is 12.5 Å². The molecule has 210 valence electrons. The highest BCUT2D eigenvalue weighted by Crippen LogP contribution is 2.33. The molecule has 0 amide bonds. The molecule has 0 saturated carbocycles. The fourth-order valence-electron chi connectivity index (χ4n) is 3.98. The predicted octanol–water partition coefficient (Wildman–Crippen LogP) is -2.62. The summed E-state index contributed by atoms with van der Waals surface area (Å²) in [6.07, 6.45) is -2.99. The van der Waals surface area contributed by atoms with E-state index in [1.807, 2.05) is 0 Å². The molecule has 4 rings (SSSR count). The molecule has 0 aliphatic carbocycles. The van der Waals surface area contributed by atoms with Gasteiger partial charge in [0.1, 0.15) is 36.1 Å². The van der Waals surface area contributed by atoms with Gasteiger partial charge >= 0.3 is 11.4 Å².